The van der Waals surface area contributed by atoms with E-state index >= 15 is 0 Å². The van der Waals surface area contributed by atoms with Gasteiger partial charge in [0.05, 0.1) is 30.4 Å². The fraction of sp³-hybridized carbons (Fsp3) is 0.536. The number of methoxy groups -OCH3 is 1. The standard InChI is InChI=1S/C28H37BN2O5/c1-19-10-11-24(34-19)23-17-21(29-35-27(2,3)28(4,5)36-29)20-16-25(32-6)26(18-22(20)30-23)33-15-9-14-31-12-7-8-13-31/h10-11,16-18H,7-9,12-15H2,1-6H3. The Labute approximate surface area is 214 Å². The Morgan fingerprint density at radius 3 is 2.36 bits per heavy atom. The first-order chi connectivity index (χ1) is 17.2. The van der Waals surface area contributed by atoms with Gasteiger partial charge in [-0.25, -0.2) is 4.98 Å². The first kappa shape index (κ1) is 25.1. The van der Waals surface area contributed by atoms with Crippen LogP contribution in [0.5, 0.6) is 11.5 Å². The highest BCUT2D eigenvalue weighted by Crippen LogP contribution is 2.39. The van der Waals surface area contributed by atoms with Gasteiger partial charge in [-0.3, -0.25) is 0 Å². The Balaban J connectivity index is 1.51. The summed E-state index contributed by atoms with van der Waals surface area (Å²) in [6.07, 6.45) is 3.57. The molecule has 8 heteroatoms. The van der Waals surface area contributed by atoms with Gasteiger partial charge in [0.15, 0.2) is 17.3 Å². The normalized spacial score (nSPS) is 19.3. The van der Waals surface area contributed by atoms with Crippen LogP contribution in [-0.4, -0.2) is 61.6 Å². The molecule has 0 atom stereocenters. The number of aryl methyl sites for hydroxylation is 1. The van der Waals surface area contributed by atoms with E-state index in [1.54, 1.807) is 7.11 Å². The van der Waals surface area contributed by atoms with Crippen molar-refractivity contribution < 1.29 is 23.2 Å². The minimum Gasteiger partial charge on any atom is -0.493 e. The average molecular weight is 492 g/mol. The van der Waals surface area contributed by atoms with Gasteiger partial charge in [0.25, 0.3) is 0 Å². The van der Waals surface area contributed by atoms with E-state index in [0.717, 1.165) is 40.8 Å². The topological polar surface area (TPSA) is 66.2 Å². The molecule has 1 aromatic carbocycles. The molecule has 0 amide bonds. The summed E-state index contributed by atoms with van der Waals surface area (Å²) in [4.78, 5) is 7.44. The van der Waals surface area contributed by atoms with Crippen molar-refractivity contribution in [2.24, 2.45) is 0 Å². The molecular weight excluding hydrogens is 455 g/mol. The predicted octanol–water partition coefficient (Wildman–Crippen LogP) is 4.98. The molecule has 0 bridgehead atoms. The van der Waals surface area contributed by atoms with Crippen molar-refractivity contribution in [2.75, 3.05) is 33.4 Å². The van der Waals surface area contributed by atoms with E-state index in [2.05, 4.69) is 32.6 Å². The lowest BCUT2D eigenvalue weighted by atomic mass is 9.76. The lowest BCUT2D eigenvalue weighted by Gasteiger charge is -2.32. The number of ether oxygens (including phenoxy) is 2. The molecule has 0 radical (unpaired) electrons. The number of hydrogen-bond donors (Lipinski definition) is 0. The second-order valence-electron chi connectivity index (χ2n) is 10.9. The molecule has 2 fully saturated rings. The van der Waals surface area contributed by atoms with Crippen LogP contribution in [0.4, 0.5) is 0 Å². The molecule has 2 aliphatic heterocycles. The number of pyridine rings is 1. The number of furan rings is 1. The van der Waals surface area contributed by atoms with Gasteiger partial charge in [0, 0.05) is 18.0 Å². The van der Waals surface area contributed by atoms with Gasteiger partial charge < -0.3 is 28.1 Å². The van der Waals surface area contributed by atoms with Crippen LogP contribution >= 0.6 is 0 Å². The van der Waals surface area contributed by atoms with E-state index in [1.807, 2.05) is 37.3 Å². The van der Waals surface area contributed by atoms with Crippen molar-refractivity contribution in [1.29, 1.82) is 0 Å². The third-order valence-corrected chi connectivity index (χ3v) is 7.70. The summed E-state index contributed by atoms with van der Waals surface area (Å²) in [5.41, 5.74) is 1.47. The third-order valence-electron chi connectivity index (χ3n) is 7.70. The van der Waals surface area contributed by atoms with Crippen LogP contribution in [0, 0.1) is 6.92 Å². The lowest BCUT2D eigenvalue weighted by molar-refractivity contribution is 0.00578. The molecule has 4 heterocycles. The van der Waals surface area contributed by atoms with Crippen molar-refractivity contribution in [3.05, 3.63) is 36.1 Å². The van der Waals surface area contributed by atoms with Gasteiger partial charge in [-0.1, -0.05) is 0 Å². The van der Waals surface area contributed by atoms with Gasteiger partial charge in [0.2, 0.25) is 0 Å². The highest BCUT2D eigenvalue weighted by atomic mass is 16.7. The summed E-state index contributed by atoms with van der Waals surface area (Å²) in [7, 11) is 1.12. The largest absolute Gasteiger partial charge is 0.495 e. The molecule has 2 aromatic heterocycles. The molecular formula is C28H37BN2O5. The molecule has 0 saturated carbocycles. The Bertz CT molecular complexity index is 1220. The summed E-state index contributed by atoms with van der Waals surface area (Å²) in [6.45, 7) is 14.2. The van der Waals surface area contributed by atoms with Crippen molar-refractivity contribution in [3.8, 4) is 23.0 Å². The second kappa shape index (κ2) is 9.73. The Kier molecular flexibility index (Phi) is 6.79. The molecule has 36 heavy (non-hydrogen) atoms. The minimum atomic E-state index is -0.549. The monoisotopic (exact) mass is 492 g/mol. The van der Waals surface area contributed by atoms with Gasteiger partial charge in [-0.2, -0.15) is 0 Å². The number of likely N-dealkylation sites (tertiary alicyclic amines) is 1. The molecule has 7 nitrogen and oxygen atoms in total. The summed E-state index contributed by atoms with van der Waals surface area (Å²) in [6, 6.07) is 9.82. The van der Waals surface area contributed by atoms with Gasteiger partial charge >= 0.3 is 7.12 Å². The van der Waals surface area contributed by atoms with Crippen LogP contribution in [0.25, 0.3) is 22.4 Å². The molecule has 5 rings (SSSR count). The van der Waals surface area contributed by atoms with Crippen molar-refractivity contribution in [2.45, 2.75) is 65.1 Å². The summed E-state index contributed by atoms with van der Waals surface area (Å²) in [5.74, 6) is 2.90. The highest BCUT2D eigenvalue weighted by Gasteiger charge is 2.52. The molecule has 2 aliphatic rings. The summed E-state index contributed by atoms with van der Waals surface area (Å²) in [5, 5.41) is 0.904. The number of nitrogens with zero attached hydrogens (tertiary/aromatic N) is 2. The molecule has 192 valence electrons. The van der Waals surface area contributed by atoms with Crippen molar-refractivity contribution in [1.82, 2.24) is 9.88 Å². The molecule has 0 N–H and O–H groups in total. The van der Waals surface area contributed by atoms with Crippen LogP contribution in [0.15, 0.2) is 34.7 Å². The molecule has 0 unspecified atom stereocenters. The van der Waals surface area contributed by atoms with E-state index < -0.39 is 18.3 Å². The first-order valence-corrected chi connectivity index (χ1v) is 13.0. The van der Waals surface area contributed by atoms with Crippen molar-refractivity contribution >= 4 is 23.5 Å². The van der Waals surface area contributed by atoms with Crippen LogP contribution in [-0.2, 0) is 9.31 Å². The second-order valence-corrected chi connectivity index (χ2v) is 10.9. The zero-order chi connectivity index (χ0) is 25.5. The molecule has 3 aromatic rings. The summed E-state index contributed by atoms with van der Waals surface area (Å²) >= 11 is 0. The number of benzene rings is 1. The van der Waals surface area contributed by atoms with Gasteiger partial charge in [-0.05, 0) is 96.7 Å². The third kappa shape index (κ3) is 4.86. The number of hydrogen-bond acceptors (Lipinski definition) is 7. The Hall–Kier alpha value is -2.55. The number of aromatic nitrogens is 1. The maximum absolute atomic E-state index is 6.43. The fourth-order valence-corrected chi connectivity index (χ4v) is 4.87. The highest BCUT2D eigenvalue weighted by molar-refractivity contribution is 6.65. The molecule has 0 spiro atoms. The predicted molar refractivity (Wildman–Crippen MR) is 142 cm³/mol. The van der Waals surface area contributed by atoms with E-state index in [0.29, 0.717) is 23.9 Å². The van der Waals surface area contributed by atoms with Gasteiger partial charge in [0.1, 0.15) is 11.5 Å². The zero-order valence-electron chi connectivity index (χ0n) is 22.3. The number of rotatable bonds is 8. The average Bonchev–Trinajstić information content (AvgIpc) is 3.55. The van der Waals surface area contributed by atoms with Crippen LogP contribution in [0.1, 0.15) is 52.7 Å². The van der Waals surface area contributed by atoms with Crippen LogP contribution < -0.4 is 14.9 Å². The van der Waals surface area contributed by atoms with Crippen LogP contribution in [0.2, 0.25) is 0 Å². The van der Waals surface area contributed by atoms with E-state index in [9.17, 15) is 0 Å². The Morgan fingerprint density at radius 1 is 1.00 bits per heavy atom. The fourth-order valence-electron chi connectivity index (χ4n) is 4.87. The maximum atomic E-state index is 6.43. The van der Waals surface area contributed by atoms with Gasteiger partial charge in [-0.15, -0.1) is 0 Å². The lowest BCUT2D eigenvalue weighted by Crippen LogP contribution is -2.41. The smallest absolute Gasteiger partial charge is 0.493 e. The minimum absolute atomic E-state index is 0.461. The first-order valence-electron chi connectivity index (χ1n) is 13.0. The quantitative estimate of drug-likeness (QED) is 0.325. The van der Waals surface area contributed by atoms with E-state index in [-0.39, 0.29) is 0 Å². The molecule has 2 saturated heterocycles. The van der Waals surface area contributed by atoms with E-state index in [1.165, 1.54) is 25.9 Å². The molecule has 0 aliphatic carbocycles. The van der Waals surface area contributed by atoms with Crippen molar-refractivity contribution in [3.63, 3.8) is 0 Å². The van der Waals surface area contributed by atoms with E-state index in [4.69, 9.17) is 28.2 Å². The maximum Gasteiger partial charge on any atom is 0.495 e. The SMILES string of the molecule is COc1cc2c(B3OC(C)(C)C(C)(C)O3)cc(-c3ccc(C)o3)nc2cc1OCCCN1CCCC1. The number of fused-ring (bicyclic) bond motifs is 1. The summed E-state index contributed by atoms with van der Waals surface area (Å²) < 4.78 is 30.7. The zero-order valence-corrected chi connectivity index (χ0v) is 22.3. The van der Waals surface area contributed by atoms with Crippen LogP contribution in [0.3, 0.4) is 0 Å². The Morgan fingerprint density at radius 2 is 1.72 bits per heavy atom.